The third-order valence-corrected chi connectivity index (χ3v) is 3.20. The Labute approximate surface area is 101 Å². The van der Waals surface area contributed by atoms with Crippen molar-refractivity contribution < 1.29 is 15.1 Å². The van der Waals surface area contributed by atoms with Crippen LogP contribution in [0.4, 0.5) is 0 Å². The minimum atomic E-state index is -0.539. The molecule has 6 heteroatoms. The number of aliphatic hydroxyl groups excluding tert-OH is 1. The van der Waals surface area contributed by atoms with Crippen molar-refractivity contribution in [3.8, 4) is 0 Å². The molecule has 0 aromatic carbocycles. The molecule has 2 atom stereocenters. The van der Waals surface area contributed by atoms with E-state index < -0.39 is 5.92 Å². The molecule has 0 aromatic heterocycles. The molecule has 2 unspecified atom stereocenters. The van der Waals surface area contributed by atoms with Gasteiger partial charge in [-0.25, -0.2) is 0 Å². The highest BCUT2D eigenvalue weighted by Gasteiger charge is 2.32. The number of oxime groups is 1. The van der Waals surface area contributed by atoms with E-state index in [1.807, 2.05) is 6.92 Å². The summed E-state index contributed by atoms with van der Waals surface area (Å²) in [6, 6.07) is 0. The van der Waals surface area contributed by atoms with Crippen molar-refractivity contribution in [3.05, 3.63) is 0 Å². The van der Waals surface area contributed by atoms with Crippen molar-refractivity contribution in [3.63, 3.8) is 0 Å². The second-order valence-corrected chi connectivity index (χ2v) is 4.49. The Morgan fingerprint density at radius 3 is 2.82 bits per heavy atom. The summed E-state index contributed by atoms with van der Waals surface area (Å²) in [6.07, 6.45) is 2.19. The standard InChI is InChI=1S/C11H21N3O3/c1-2-3-9(10(12)13-17)11(16)14-5-4-8(6-14)7-15/h8-9,15,17H,2-7H2,1H3,(H2,12,13). The van der Waals surface area contributed by atoms with Gasteiger partial charge in [0.15, 0.2) is 5.84 Å². The van der Waals surface area contributed by atoms with Gasteiger partial charge >= 0.3 is 0 Å². The van der Waals surface area contributed by atoms with E-state index in [-0.39, 0.29) is 24.3 Å². The normalized spacial score (nSPS) is 22.8. The predicted octanol–water partition coefficient (Wildman–Crippen LogP) is -0.0101. The van der Waals surface area contributed by atoms with Gasteiger partial charge in [-0.1, -0.05) is 18.5 Å². The molecule has 1 aliphatic rings. The van der Waals surface area contributed by atoms with Gasteiger partial charge in [-0.15, -0.1) is 0 Å². The zero-order valence-electron chi connectivity index (χ0n) is 10.2. The fraction of sp³-hybridized carbons (Fsp3) is 0.818. The maximum Gasteiger partial charge on any atom is 0.233 e. The first-order valence-corrected chi connectivity index (χ1v) is 6.01. The first-order chi connectivity index (χ1) is 8.13. The van der Waals surface area contributed by atoms with Gasteiger partial charge in [-0.05, 0) is 12.8 Å². The number of nitrogens with zero attached hydrogens (tertiary/aromatic N) is 2. The van der Waals surface area contributed by atoms with Crippen molar-refractivity contribution in [2.45, 2.75) is 26.2 Å². The van der Waals surface area contributed by atoms with Crippen LogP contribution in [-0.4, -0.2) is 46.7 Å². The molecule has 0 saturated carbocycles. The Morgan fingerprint density at radius 1 is 1.65 bits per heavy atom. The van der Waals surface area contributed by atoms with Crippen LogP contribution in [0.3, 0.4) is 0 Å². The number of nitrogens with two attached hydrogens (primary N) is 1. The molecule has 1 heterocycles. The van der Waals surface area contributed by atoms with Crippen LogP contribution in [-0.2, 0) is 4.79 Å². The molecule has 4 N–H and O–H groups in total. The maximum absolute atomic E-state index is 12.2. The number of hydrogen-bond acceptors (Lipinski definition) is 4. The van der Waals surface area contributed by atoms with Crippen molar-refractivity contribution in [2.24, 2.45) is 22.7 Å². The molecule has 1 fully saturated rings. The molecule has 0 aliphatic carbocycles. The number of carbonyl (C=O) groups excluding carboxylic acids is 1. The third kappa shape index (κ3) is 3.33. The number of carbonyl (C=O) groups is 1. The SMILES string of the molecule is CCCC(C(=O)N1CCC(CO)C1)C(N)=NO. The van der Waals surface area contributed by atoms with Crippen molar-refractivity contribution >= 4 is 11.7 Å². The van der Waals surface area contributed by atoms with Gasteiger partial charge in [0.2, 0.25) is 5.91 Å². The van der Waals surface area contributed by atoms with Gasteiger partial charge in [0.25, 0.3) is 0 Å². The molecular formula is C11H21N3O3. The lowest BCUT2D eigenvalue weighted by Crippen LogP contribution is -2.41. The largest absolute Gasteiger partial charge is 0.409 e. The predicted molar refractivity (Wildman–Crippen MR) is 63.6 cm³/mol. The molecule has 0 aromatic rings. The summed E-state index contributed by atoms with van der Waals surface area (Å²) in [6.45, 7) is 3.26. The minimum Gasteiger partial charge on any atom is -0.409 e. The van der Waals surface area contributed by atoms with Crippen LogP contribution in [0, 0.1) is 11.8 Å². The van der Waals surface area contributed by atoms with Crippen molar-refractivity contribution in [2.75, 3.05) is 19.7 Å². The van der Waals surface area contributed by atoms with Crippen molar-refractivity contribution in [1.29, 1.82) is 0 Å². The van der Waals surface area contributed by atoms with E-state index in [2.05, 4.69) is 5.16 Å². The van der Waals surface area contributed by atoms with Crippen LogP contribution in [0.25, 0.3) is 0 Å². The fourth-order valence-electron chi connectivity index (χ4n) is 2.16. The molecule has 1 aliphatic heterocycles. The summed E-state index contributed by atoms with van der Waals surface area (Å²) >= 11 is 0. The lowest BCUT2D eigenvalue weighted by atomic mass is 10.0. The van der Waals surface area contributed by atoms with E-state index in [4.69, 9.17) is 16.0 Å². The summed E-state index contributed by atoms with van der Waals surface area (Å²) in [7, 11) is 0. The Hall–Kier alpha value is -1.30. The summed E-state index contributed by atoms with van der Waals surface area (Å²) in [5.74, 6) is -0.502. The lowest BCUT2D eigenvalue weighted by Gasteiger charge is -2.22. The number of rotatable bonds is 5. The molecule has 6 nitrogen and oxygen atoms in total. The van der Waals surface area contributed by atoms with Crippen LogP contribution in [0.15, 0.2) is 5.16 Å². The number of amidine groups is 1. The zero-order valence-corrected chi connectivity index (χ0v) is 10.2. The third-order valence-electron chi connectivity index (χ3n) is 3.20. The molecule has 1 saturated heterocycles. The van der Waals surface area contributed by atoms with E-state index in [0.29, 0.717) is 19.5 Å². The topological polar surface area (TPSA) is 99.2 Å². The highest BCUT2D eigenvalue weighted by atomic mass is 16.4. The second-order valence-electron chi connectivity index (χ2n) is 4.49. The Kier molecular flexibility index (Phi) is 5.21. The van der Waals surface area contributed by atoms with E-state index in [9.17, 15) is 4.79 Å². The Morgan fingerprint density at radius 2 is 2.35 bits per heavy atom. The van der Waals surface area contributed by atoms with Crippen LogP contribution in [0.1, 0.15) is 26.2 Å². The highest BCUT2D eigenvalue weighted by molar-refractivity contribution is 6.02. The molecule has 0 bridgehead atoms. The van der Waals surface area contributed by atoms with Gasteiger partial charge in [0, 0.05) is 25.6 Å². The van der Waals surface area contributed by atoms with Crippen LogP contribution in [0.2, 0.25) is 0 Å². The van der Waals surface area contributed by atoms with Crippen molar-refractivity contribution in [1.82, 2.24) is 4.90 Å². The fourth-order valence-corrected chi connectivity index (χ4v) is 2.16. The van der Waals surface area contributed by atoms with Gasteiger partial charge in [0.1, 0.15) is 0 Å². The number of likely N-dealkylation sites (tertiary alicyclic amines) is 1. The summed E-state index contributed by atoms with van der Waals surface area (Å²) < 4.78 is 0. The number of amides is 1. The van der Waals surface area contributed by atoms with Crippen LogP contribution >= 0.6 is 0 Å². The van der Waals surface area contributed by atoms with Gasteiger partial charge < -0.3 is 20.9 Å². The molecule has 1 rings (SSSR count). The average molecular weight is 243 g/mol. The second kappa shape index (κ2) is 6.44. The van der Waals surface area contributed by atoms with E-state index in [1.54, 1.807) is 4.90 Å². The highest BCUT2D eigenvalue weighted by Crippen LogP contribution is 2.20. The van der Waals surface area contributed by atoms with Crippen LogP contribution < -0.4 is 5.73 Å². The van der Waals surface area contributed by atoms with Gasteiger partial charge in [0.05, 0.1) is 5.92 Å². The van der Waals surface area contributed by atoms with Gasteiger partial charge in [-0.2, -0.15) is 0 Å². The summed E-state index contributed by atoms with van der Waals surface area (Å²) in [4.78, 5) is 13.9. The number of aliphatic hydroxyl groups is 1. The van der Waals surface area contributed by atoms with Crippen LogP contribution in [0.5, 0.6) is 0 Å². The first-order valence-electron chi connectivity index (χ1n) is 6.01. The molecule has 17 heavy (non-hydrogen) atoms. The summed E-state index contributed by atoms with van der Waals surface area (Å²) in [5, 5.41) is 20.6. The Bertz CT molecular complexity index is 294. The molecular weight excluding hydrogens is 222 g/mol. The van der Waals surface area contributed by atoms with E-state index in [1.165, 1.54) is 0 Å². The maximum atomic E-state index is 12.2. The molecule has 1 amide bonds. The smallest absolute Gasteiger partial charge is 0.233 e. The Balaban J connectivity index is 2.65. The zero-order chi connectivity index (χ0) is 12.8. The molecule has 0 spiro atoms. The monoisotopic (exact) mass is 243 g/mol. The average Bonchev–Trinajstić information content (AvgIpc) is 2.83. The quantitative estimate of drug-likeness (QED) is 0.274. The number of hydrogen-bond donors (Lipinski definition) is 3. The van der Waals surface area contributed by atoms with E-state index >= 15 is 0 Å². The molecule has 0 radical (unpaired) electrons. The minimum absolute atomic E-state index is 0.0238. The van der Waals surface area contributed by atoms with Gasteiger partial charge in [-0.3, -0.25) is 4.79 Å². The molecule has 98 valence electrons. The van der Waals surface area contributed by atoms with E-state index in [0.717, 1.165) is 12.8 Å². The first kappa shape index (κ1) is 13.8. The lowest BCUT2D eigenvalue weighted by molar-refractivity contribution is -0.132. The summed E-state index contributed by atoms with van der Waals surface area (Å²) in [5.41, 5.74) is 5.54.